The number of rotatable bonds is 10. The van der Waals surface area contributed by atoms with Crippen LogP contribution >= 0.6 is 11.3 Å². The molecule has 0 amide bonds. The Morgan fingerprint density at radius 1 is 1.43 bits per heavy atom. The molecule has 1 aliphatic rings. The highest BCUT2D eigenvalue weighted by Crippen LogP contribution is 2.25. The Kier molecular flexibility index (Phi) is 6.68. The summed E-state index contributed by atoms with van der Waals surface area (Å²) in [7, 11) is 1.78. The minimum Gasteiger partial charge on any atom is -0.383 e. The summed E-state index contributed by atoms with van der Waals surface area (Å²) >= 11 is 1.95. The van der Waals surface area contributed by atoms with Gasteiger partial charge in [-0.1, -0.05) is 13.8 Å². The van der Waals surface area contributed by atoms with E-state index in [1.54, 1.807) is 7.11 Å². The third kappa shape index (κ3) is 6.07. The molecular formula is C17H30N2OS. The Morgan fingerprint density at radius 2 is 2.19 bits per heavy atom. The van der Waals surface area contributed by atoms with Crippen molar-refractivity contribution in [2.75, 3.05) is 26.8 Å². The number of methoxy groups -OCH3 is 1. The van der Waals surface area contributed by atoms with Crippen LogP contribution in [0.15, 0.2) is 6.07 Å². The zero-order valence-electron chi connectivity index (χ0n) is 13.9. The van der Waals surface area contributed by atoms with Gasteiger partial charge in [0.2, 0.25) is 0 Å². The predicted molar refractivity (Wildman–Crippen MR) is 90.9 cm³/mol. The van der Waals surface area contributed by atoms with Gasteiger partial charge in [-0.2, -0.15) is 0 Å². The van der Waals surface area contributed by atoms with Crippen LogP contribution in [0.5, 0.6) is 0 Å². The fraction of sp³-hybridized carbons (Fsp3) is 0.765. The molecule has 1 N–H and O–H groups in total. The molecule has 1 saturated carbocycles. The monoisotopic (exact) mass is 310 g/mol. The fourth-order valence-electron chi connectivity index (χ4n) is 2.58. The summed E-state index contributed by atoms with van der Waals surface area (Å²) in [5.41, 5.74) is 1.49. The van der Waals surface area contributed by atoms with Crippen LogP contribution in [0, 0.1) is 12.8 Å². The fourth-order valence-corrected chi connectivity index (χ4v) is 3.58. The molecule has 21 heavy (non-hydrogen) atoms. The molecule has 1 fully saturated rings. The molecule has 4 heteroatoms. The van der Waals surface area contributed by atoms with E-state index in [1.807, 2.05) is 11.3 Å². The smallest absolute Gasteiger partial charge is 0.0589 e. The second kappa shape index (κ2) is 8.28. The molecule has 2 rings (SSSR count). The maximum absolute atomic E-state index is 5.25. The van der Waals surface area contributed by atoms with Crippen LogP contribution in [0.25, 0.3) is 0 Å². The molecule has 1 aromatic rings. The number of hydrogen-bond acceptors (Lipinski definition) is 4. The topological polar surface area (TPSA) is 24.5 Å². The lowest BCUT2D eigenvalue weighted by atomic mass is 10.1. The van der Waals surface area contributed by atoms with E-state index in [1.165, 1.54) is 28.2 Å². The molecule has 3 nitrogen and oxygen atoms in total. The zero-order chi connectivity index (χ0) is 15.2. The maximum Gasteiger partial charge on any atom is 0.0589 e. The van der Waals surface area contributed by atoms with E-state index in [-0.39, 0.29) is 0 Å². The van der Waals surface area contributed by atoms with Crippen molar-refractivity contribution in [2.45, 2.75) is 52.7 Å². The summed E-state index contributed by atoms with van der Waals surface area (Å²) < 4.78 is 5.25. The van der Waals surface area contributed by atoms with E-state index in [9.17, 15) is 0 Å². The van der Waals surface area contributed by atoms with E-state index < -0.39 is 0 Å². The number of aryl methyl sites for hydroxylation is 1. The van der Waals surface area contributed by atoms with Crippen LogP contribution in [0.3, 0.4) is 0 Å². The normalized spacial score (nSPS) is 15.3. The second-order valence-electron chi connectivity index (χ2n) is 6.57. The van der Waals surface area contributed by atoms with Gasteiger partial charge in [-0.05, 0) is 37.3 Å². The predicted octanol–water partition coefficient (Wildman–Crippen LogP) is 3.41. The molecule has 1 aliphatic carbocycles. The Morgan fingerprint density at radius 3 is 2.81 bits per heavy atom. The quantitative estimate of drug-likeness (QED) is 0.717. The Bertz CT molecular complexity index is 426. The average molecular weight is 311 g/mol. The summed E-state index contributed by atoms with van der Waals surface area (Å²) in [4.78, 5) is 5.46. The number of thiophene rings is 1. The molecule has 1 aromatic heterocycles. The van der Waals surface area contributed by atoms with Crippen molar-refractivity contribution in [1.29, 1.82) is 0 Å². The van der Waals surface area contributed by atoms with Crippen molar-refractivity contribution in [3.05, 3.63) is 21.4 Å². The van der Waals surface area contributed by atoms with Crippen LogP contribution in [0.2, 0.25) is 0 Å². The number of nitrogens with one attached hydrogen (secondary N) is 1. The summed E-state index contributed by atoms with van der Waals surface area (Å²) in [6, 6.07) is 3.19. The van der Waals surface area contributed by atoms with Crippen molar-refractivity contribution in [3.63, 3.8) is 0 Å². The van der Waals surface area contributed by atoms with Crippen molar-refractivity contribution in [1.82, 2.24) is 10.2 Å². The molecule has 0 atom stereocenters. The van der Waals surface area contributed by atoms with E-state index in [2.05, 4.69) is 37.1 Å². The number of hydrogen-bond donors (Lipinski definition) is 1. The molecule has 0 spiro atoms. The highest BCUT2D eigenvalue weighted by Gasteiger charge is 2.20. The van der Waals surface area contributed by atoms with Gasteiger partial charge in [0.05, 0.1) is 6.61 Å². The molecule has 0 aliphatic heterocycles. The molecule has 0 bridgehead atoms. The minimum atomic E-state index is 0.691. The summed E-state index contributed by atoms with van der Waals surface area (Å²) in [6.07, 6.45) is 2.72. The van der Waals surface area contributed by atoms with E-state index in [0.29, 0.717) is 5.92 Å². The number of ether oxygens (including phenoxy) is 1. The highest BCUT2D eigenvalue weighted by atomic mass is 32.1. The molecule has 1 heterocycles. The van der Waals surface area contributed by atoms with Gasteiger partial charge in [0.1, 0.15) is 0 Å². The van der Waals surface area contributed by atoms with Gasteiger partial charge in [-0.15, -0.1) is 11.3 Å². The van der Waals surface area contributed by atoms with E-state index in [0.717, 1.165) is 38.8 Å². The highest BCUT2D eigenvalue weighted by molar-refractivity contribution is 7.12. The van der Waals surface area contributed by atoms with Crippen molar-refractivity contribution in [3.8, 4) is 0 Å². The first-order valence-corrected chi connectivity index (χ1v) is 8.93. The lowest BCUT2D eigenvalue weighted by Crippen LogP contribution is -2.30. The van der Waals surface area contributed by atoms with Gasteiger partial charge in [-0.25, -0.2) is 0 Å². The van der Waals surface area contributed by atoms with Gasteiger partial charge in [0.15, 0.2) is 0 Å². The lowest BCUT2D eigenvalue weighted by Gasteiger charge is -2.23. The molecular weight excluding hydrogens is 280 g/mol. The molecule has 0 unspecified atom stereocenters. The second-order valence-corrected chi connectivity index (χ2v) is 7.91. The zero-order valence-corrected chi connectivity index (χ0v) is 14.8. The van der Waals surface area contributed by atoms with Gasteiger partial charge in [0, 0.05) is 49.1 Å². The third-order valence-corrected chi connectivity index (χ3v) is 4.94. The first-order chi connectivity index (χ1) is 10.1. The van der Waals surface area contributed by atoms with Crippen LogP contribution in [-0.2, 0) is 17.8 Å². The minimum absolute atomic E-state index is 0.691. The van der Waals surface area contributed by atoms with Crippen LogP contribution in [0.4, 0.5) is 0 Å². The van der Waals surface area contributed by atoms with Gasteiger partial charge in [-0.3, -0.25) is 4.90 Å². The van der Waals surface area contributed by atoms with Crippen molar-refractivity contribution < 1.29 is 4.74 Å². The van der Waals surface area contributed by atoms with Gasteiger partial charge < -0.3 is 10.1 Å². The first-order valence-electron chi connectivity index (χ1n) is 8.11. The van der Waals surface area contributed by atoms with E-state index in [4.69, 9.17) is 4.74 Å². The largest absolute Gasteiger partial charge is 0.383 e. The Labute approximate surface area is 133 Å². The lowest BCUT2D eigenvalue weighted by molar-refractivity contribution is 0.136. The Balaban J connectivity index is 1.90. The van der Waals surface area contributed by atoms with Crippen molar-refractivity contribution >= 4 is 11.3 Å². The SMILES string of the molecule is COCCN(Cc1cc(CNC2CC2)sc1C)CC(C)C. The average Bonchev–Trinajstić information content (AvgIpc) is 3.19. The van der Waals surface area contributed by atoms with E-state index >= 15 is 0 Å². The van der Waals surface area contributed by atoms with Gasteiger partial charge in [0.25, 0.3) is 0 Å². The molecule has 0 aromatic carbocycles. The molecule has 0 saturated heterocycles. The van der Waals surface area contributed by atoms with Crippen LogP contribution < -0.4 is 5.32 Å². The maximum atomic E-state index is 5.25. The van der Waals surface area contributed by atoms with Crippen molar-refractivity contribution in [2.24, 2.45) is 5.92 Å². The first kappa shape index (κ1) is 16.9. The summed E-state index contributed by atoms with van der Waals surface area (Å²) in [6.45, 7) is 11.9. The molecule has 0 radical (unpaired) electrons. The Hall–Kier alpha value is -0.420. The third-order valence-electron chi connectivity index (χ3n) is 3.84. The van der Waals surface area contributed by atoms with Gasteiger partial charge >= 0.3 is 0 Å². The van der Waals surface area contributed by atoms with Crippen LogP contribution in [0.1, 0.15) is 42.0 Å². The summed E-state index contributed by atoms with van der Waals surface area (Å²) in [5, 5.41) is 3.61. The standard InChI is InChI=1S/C17H30N2OS/c1-13(2)11-19(7-8-20-4)12-15-9-17(21-14(15)3)10-18-16-5-6-16/h9,13,16,18H,5-8,10-12H2,1-4H3. The molecule has 120 valence electrons. The number of nitrogens with zero attached hydrogens (tertiary/aromatic N) is 1. The summed E-state index contributed by atoms with van der Waals surface area (Å²) in [5.74, 6) is 0.691. The van der Waals surface area contributed by atoms with Crippen LogP contribution in [-0.4, -0.2) is 37.7 Å².